The van der Waals surface area contributed by atoms with Crippen LogP contribution in [-0.2, 0) is 9.53 Å². The van der Waals surface area contributed by atoms with Crippen molar-refractivity contribution in [3.05, 3.63) is 41.0 Å². The summed E-state index contributed by atoms with van der Waals surface area (Å²) in [6.45, 7) is 3.71. The number of halogens is 1. The van der Waals surface area contributed by atoms with Crippen LogP contribution in [0.5, 0.6) is 0 Å². The second-order valence-corrected chi connectivity index (χ2v) is 9.47. The zero-order valence-corrected chi connectivity index (χ0v) is 19.2. The van der Waals surface area contributed by atoms with Crippen LogP contribution in [0.1, 0.15) is 55.6 Å². The first kappa shape index (κ1) is 23.0. The summed E-state index contributed by atoms with van der Waals surface area (Å²) in [6.07, 6.45) is 3.89. The van der Waals surface area contributed by atoms with Crippen molar-refractivity contribution in [3.8, 4) is 11.3 Å². The number of hydrogen-bond acceptors (Lipinski definition) is 5. The Kier molecular flexibility index (Phi) is 6.98. The topological polar surface area (TPSA) is 84.7 Å². The molecule has 1 fully saturated rings. The second-order valence-electron chi connectivity index (χ2n) is 9.04. The number of carbonyl (C=O) groups excluding carboxylic acids is 2. The molecule has 7 nitrogen and oxygen atoms in total. The number of aromatic nitrogens is 2. The van der Waals surface area contributed by atoms with E-state index in [-0.39, 0.29) is 36.3 Å². The first-order valence-corrected chi connectivity index (χ1v) is 11.7. The highest BCUT2D eigenvalue weighted by atomic mass is 35.5. The molecule has 1 aromatic carbocycles. The molecule has 2 aliphatic heterocycles. The van der Waals surface area contributed by atoms with Crippen molar-refractivity contribution < 1.29 is 19.4 Å². The van der Waals surface area contributed by atoms with Crippen LogP contribution in [0, 0.1) is 5.41 Å². The number of rotatable bonds is 10. The van der Waals surface area contributed by atoms with Crippen molar-refractivity contribution in [1.82, 2.24) is 14.7 Å². The molecule has 0 aliphatic carbocycles. The third-order valence-corrected chi connectivity index (χ3v) is 6.76. The summed E-state index contributed by atoms with van der Waals surface area (Å²) >= 11 is 6.01. The Morgan fingerprint density at radius 2 is 2.06 bits per heavy atom. The van der Waals surface area contributed by atoms with Gasteiger partial charge in [-0.2, -0.15) is 5.10 Å². The van der Waals surface area contributed by atoms with E-state index in [1.54, 1.807) is 4.90 Å². The number of benzene rings is 1. The minimum absolute atomic E-state index is 0.0122. The molecule has 1 amide bonds. The molecule has 1 saturated heterocycles. The van der Waals surface area contributed by atoms with Crippen molar-refractivity contribution >= 4 is 23.3 Å². The number of amides is 1. The first-order valence-electron chi connectivity index (χ1n) is 11.3. The highest BCUT2D eigenvalue weighted by molar-refractivity contribution is 6.30. The van der Waals surface area contributed by atoms with E-state index in [0.717, 1.165) is 30.5 Å². The molecule has 1 atom stereocenters. The lowest BCUT2D eigenvalue weighted by molar-refractivity contribution is -0.145. The molecular formula is C24H30ClN3O4. The maximum Gasteiger partial charge on any atom is 0.272 e. The molecule has 3 heterocycles. The van der Waals surface area contributed by atoms with Gasteiger partial charge in [0.25, 0.3) is 5.91 Å². The van der Waals surface area contributed by atoms with Gasteiger partial charge in [-0.1, -0.05) is 43.5 Å². The van der Waals surface area contributed by atoms with Gasteiger partial charge < -0.3 is 14.7 Å². The number of unbranched alkanes of at least 4 members (excludes halogenated alkanes) is 1. The van der Waals surface area contributed by atoms with Gasteiger partial charge in [-0.15, -0.1) is 0 Å². The van der Waals surface area contributed by atoms with E-state index in [1.165, 1.54) is 0 Å². The van der Waals surface area contributed by atoms with Gasteiger partial charge in [0.2, 0.25) is 0 Å². The van der Waals surface area contributed by atoms with Crippen LogP contribution in [-0.4, -0.2) is 64.4 Å². The van der Waals surface area contributed by atoms with Crippen LogP contribution >= 0.6 is 11.6 Å². The highest BCUT2D eigenvalue weighted by Crippen LogP contribution is 2.33. The van der Waals surface area contributed by atoms with Gasteiger partial charge in [0.15, 0.2) is 5.78 Å². The van der Waals surface area contributed by atoms with Crippen LogP contribution < -0.4 is 0 Å². The first-order chi connectivity index (χ1) is 15.4. The van der Waals surface area contributed by atoms with Crippen LogP contribution in [0.25, 0.3) is 11.3 Å². The van der Waals surface area contributed by atoms with Crippen LogP contribution in [0.2, 0.25) is 5.02 Å². The second kappa shape index (κ2) is 9.73. The van der Waals surface area contributed by atoms with Crippen molar-refractivity contribution in [2.24, 2.45) is 5.41 Å². The molecule has 1 N–H and O–H groups in total. The van der Waals surface area contributed by atoms with E-state index in [4.69, 9.17) is 21.4 Å². The molecule has 1 unspecified atom stereocenters. The molecular weight excluding hydrogens is 430 g/mol. The number of aliphatic hydroxyl groups excluding tert-OH is 1. The van der Waals surface area contributed by atoms with Gasteiger partial charge in [0, 0.05) is 29.0 Å². The fraction of sp³-hybridized carbons (Fsp3) is 0.542. The zero-order chi connectivity index (χ0) is 22.7. The smallest absolute Gasteiger partial charge is 0.272 e. The van der Waals surface area contributed by atoms with Crippen molar-refractivity contribution in [3.63, 3.8) is 0 Å². The van der Waals surface area contributed by atoms with Crippen LogP contribution in [0.4, 0.5) is 0 Å². The Labute approximate surface area is 193 Å². The fourth-order valence-electron chi connectivity index (χ4n) is 4.36. The monoisotopic (exact) mass is 459 g/mol. The number of fused-ring (bicyclic) bond motifs is 1. The molecule has 0 saturated carbocycles. The SMILES string of the molecule is CCCCC1CN(CC(=O)CCC2(CO)COC2)C(=O)c2cc(-c3ccc(Cl)cc3)nn21. The summed E-state index contributed by atoms with van der Waals surface area (Å²) in [4.78, 5) is 27.6. The van der Waals surface area contributed by atoms with Gasteiger partial charge >= 0.3 is 0 Å². The number of nitrogens with zero attached hydrogens (tertiary/aromatic N) is 3. The minimum atomic E-state index is -0.294. The Morgan fingerprint density at radius 3 is 2.69 bits per heavy atom. The summed E-state index contributed by atoms with van der Waals surface area (Å²) in [5, 5.41) is 15.0. The molecule has 0 bridgehead atoms. The molecule has 2 aromatic rings. The largest absolute Gasteiger partial charge is 0.396 e. The standard InChI is InChI=1S/C24H30ClN3O4/c1-2-3-4-19-12-27(13-20(30)9-10-24(14-29)15-32-16-24)23(31)22-11-21(26-28(19)22)17-5-7-18(25)8-6-17/h5-8,11,19,29H,2-4,9-10,12-16H2,1H3. The van der Waals surface area contributed by atoms with Crippen molar-refractivity contribution in [1.29, 1.82) is 0 Å². The number of hydrogen-bond donors (Lipinski definition) is 1. The number of Topliss-reactive ketones (excluding diaryl/α,β-unsaturated/α-hetero) is 1. The lowest BCUT2D eigenvalue weighted by Crippen LogP contribution is -2.47. The van der Waals surface area contributed by atoms with E-state index in [1.807, 2.05) is 35.0 Å². The molecule has 4 rings (SSSR count). The van der Waals surface area contributed by atoms with Gasteiger partial charge in [0.1, 0.15) is 5.69 Å². The van der Waals surface area contributed by atoms with Gasteiger partial charge in [-0.3, -0.25) is 14.3 Å². The predicted octanol–water partition coefficient (Wildman–Crippen LogP) is 3.75. The van der Waals surface area contributed by atoms with Crippen LogP contribution in [0.15, 0.2) is 30.3 Å². The third-order valence-electron chi connectivity index (χ3n) is 6.50. The Balaban J connectivity index is 1.50. The maximum absolute atomic E-state index is 13.2. The minimum Gasteiger partial charge on any atom is -0.396 e. The number of ketones is 1. The number of ether oxygens (including phenoxy) is 1. The van der Waals surface area contributed by atoms with Crippen molar-refractivity contribution in [2.75, 3.05) is 32.9 Å². The molecule has 2 aliphatic rings. The summed E-state index contributed by atoms with van der Waals surface area (Å²) in [5.41, 5.74) is 1.86. The van der Waals surface area contributed by atoms with Crippen molar-refractivity contribution in [2.45, 2.75) is 45.1 Å². The van der Waals surface area contributed by atoms with E-state index < -0.39 is 0 Å². The van der Waals surface area contributed by atoms with E-state index in [9.17, 15) is 14.7 Å². The quantitative estimate of drug-likeness (QED) is 0.585. The molecule has 172 valence electrons. The Hall–Kier alpha value is -2.22. The molecule has 8 heteroatoms. The predicted molar refractivity (Wildman–Crippen MR) is 122 cm³/mol. The summed E-state index contributed by atoms with van der Waals surface area (Å²) < 4.78 is 7.05. The number of aliphatic hydroxyl groups is 1. The average Bonchev–Trinajstić information content (AvgIpc) is 3.21. The van der Waals surface area contributed by atoms with Gasteiger partial charge in [-0.05, 0) is 31.0 Å². The Bertz CT molecular complexity index is 963. The molecule has 1 aromatic heterocycles. The molecule has 0 spiro atoms. The van der Waals surface area contributed by atoms with E-state index >= 15 is 0 Å². The van der Waals surface area contributed by atoms with Gasteiger partial charge in [0.05, 0.1) is 38.1 Å². The number of carbonyl (C=O) groups is 2. The third kappa shape index (κ3) is 4.75. The van der Waals surface area contributed by atoms with E-state index in [0.29, 0.717) is 43.3 Å². The fourth-order valence-corrected chi connectivity index (χ4v) is 4.49. The molecule has 32 heavy (non-hydrogen) atoms. The lowest BCUT2D eigenvalue weighted by Gasteiger charge is -2.40. The summed E-state index contributed by atoms with van der Waals surface area (Å²) in [5.74, 6) is -0.152. The highest BCUT2D eigenvalue weighted by Gasteiger charge is 2.39. The average molecular weight is 460 g/mol. The van der Waals surface area contributed by atoms with Gasteiger partial charge in [-0.25, -0.2) is 0 Å². The van der Waals surface area contributed by atoms with E-state index in [2.05, 4.69) is 6.92 Å². The van der Waals surface area contributed by atoms with Crippen LogP contribution in [0.3, 0.4) is 0 Å². The summed E-state index contributed by atoms with van der Waals surface area (Å²) in [7, 11) is 0. The Morgan fingerprint density at radius 1 is 1.31 bits per heavy atom. The summed E-state index contributed by atoms with van der Waals surface area (Å²) in [6, 6.07) is 9.26. The molecule has 0 radical (unpaired) electrons. The maximum atomic E-state index is 13.2. The zero-order valence-electron chi connectivity index (χ0n) is 18.4. The lowest BCUT2D eigenvalue weighted by atomic mass is 9.81. The normalized spacial score (nSPS) is 19.5.